The topological polar surface area (TPSA) is 21.7 Å². The molecule has 3 aliphatic heterocycles. The Morgan fingerprint density at radius 1 is 0.920 bits per heavy atom. The lowest BCUT2D eigenvalue weighted by molar-refractivity contribution is -0.244. The number of hydrogen-bond acceptors (Lipinski definition) is 3. The van der Waals surface area contributed by atoms with Crippen LogP contribution in [-0.4, -0.2) is 36.2 Å². The van der Waals surface area contributed by atoms with Crippen LogP contribution in [0.1, 0.15) is 63.4 Å². The minimum Gasteiger partial charge on any atom is -0.343 e. The first kappa shape index (κ1) is 16.3. The van der Waals surface area contributed by atoms with E-state index in [0.717, 1.165) is 19.4 Å². The van der Waals surface area contributed by atoms with Gasteiger partial charge in [-0.3, -0.25) is 0 Å². The van der Waals surface area contributed by atoms with Crippen molar-refractivity contribution in [2.24, 2.45) is 5.92 Å². The van der Waals surface area contributed by atoms with Gasteiger partial charge in [-0.05, 0) is 45.6 Å². The summed E-state index contributed by atoms with van der Waals surface area (Å²) in [5.41, 5.74) is 1.18. The van der Waals surface area contributed by atoms with Crippen LogP contribution in [0.25, 0.3) is 0 Å². The predicted molar refractivity (Wildman–Crippen MR) is 98.3 cm³/mol. The Hall–Kier alpha value is -0.900. The summed E-state index contributed by atoms with van der Waals surface area (Å²) in [6, 6.07) is 12.2. The normalized spacial score (nSPS) is 42.3. The van der Waals surface area contributed by atoms with Gasteiger partial charge in [0.05, 0.1) is 12.2 Å². The van der Waals surface area contributed by atoms with Crippen molar-refractivity contribution in [2.45, 2.75) is 81.3 Å². The van der Waals surface area contributed by atoms with E-state index in [0.29, 0.717) is 18.0 Å². The van der Waals surface area contributed by atoms with Gasteiger partial charge in [-0.2, -0.15) is 0 Å². The van der Waals surface area contributed by atoms with Gasteiger partial charge >= 0.3 is 0 Å². The smallest absolute Gasteiger partial charge is 0.198 e. The molecule has 0 radical (unpaired) electrons. The summed E-state index contributed by atoms with van der Waals surface area (Å²) in [4.78, 5) is 2.59. The van der Waals surface area contributed by atoms with Crippen LogP contribution in [0.2, 0.25) is 0 Å². The number of piperidine rings is 1. The highest BCUT2D eigenvalue weighted by atomic mass is 16.8. The van der Waals surface area contributed by atoms with E-state index >= 15 is 0 Å². The third-order valence-corrected chi connectivity index (χ3v) is 7.44. The number of fused-ring (bicyclic) bond motifs is 2. The zero-order valence-electron chi connectivity index (χ0n) is 15.5. The molecule has 0 N–H and O–H groups in total. The Morgan fingerprint density at radius 3 is 2.28 bits per heavy atom. The van der Waals surface area contributed by atoms with Crippen molar-refractivity contribution in [2.75, 3.05) is 13.7 Å². The Kier molecular flexibility index (Phi) is 3.96. The Labute approximate surface area is 151 Å². The fourth-order valence-electron chi connectivity index (χ4n) is 6.08. The van der Waals surface area contributed by atoms with E-state index in [1.165, 1.54) is 50.5 Å². The van der Waals surface area contributed by atoms with Crippen LogP contribution in [0.5, 0.6) is 0 Å². The number of rotatable bonds is 2. The molecular weight excluding hydrogens is 310 g/mol. The molecule has 4 aliphatic rings. The highest BCUT2D eigenvalue weighted by Crippen LogP contribution is 2.54. The van der Waals surface area contributed by atoms with Crippen LogP contribution in [0.3, 0.4) is 0 Å². The van der Waals surface area contributed by atoms with Gasteiger partial charge in [-0.1, -0.05) is 49.6 Å². The highest BCUT2D eigenvalue weighted by molar-refractivity contribution is 5.24. The molecule has 0 aromatic heterocycles. The minimum atomic E-state index is -0.503. The van der Waals surface area contributed by atoms with Crippen molar-refractivity contribution in [1.29, 1.82) is 0 Å². The predicted octanol–water partition coefficient (Wildman–Crippen LogP) is 4.46. The van der Waals surface area contributed by atoms with Crippen molar-refractivity contribution in [3.8, 4) is 0 Å². The maximum Gasteiger partial charge on any atom is 0.198 e. The summed E-state index contributed by atoms with van der Waals surface area (Å²) in [5.74, 6) is -0.00264. The van der Waals surface area contributed by atoms with Gasteiger partial charge in [0, 0.05) is 23.6 Å². The second-order valence-corrected chi connectivity index (χ2v) is 8.90. The standard InChI is InChI=1S/C22H31NO2/c1-23-19-12-13-20(23)15-21(14-19)16-24-22(25-21,17-8-4-2-5-9-17)18-10-6-3-7-11-18/h2,4-5,8-9,18-20H,3,6-7,10-16H2,1H3/t19-,20+,21?,22-/m1/s1. The summed E-state index contributed by atoms with van der Waals surface area (Å²) >= 11 is 0. The number of benzene rings is 1. The van der Waals surface area contributed by atoms with Gasteiger partial charge < -0.3 is 14.4 Å². The van der Waals surface area contributed by atoms with Gasteiger partial charge in [0.25, 0.3) is 0 Å². The molecule has 0 amide bonds. The molecule has 1 unspecified atom stereocenters. The third kappa shape index (κ3) is 2.58. The van der Waals surface area contributed by atoms with E-state index in [-0.39, 0.29) is 5.60 Å². The molecule has 25 heavy (non-hydrogen) atoms. The molecule has 3 nitrogen and oxygen atoms in total. The first-order valence-corrected chi connectivity index (χ1v) is 10.3. The number of hydrogen-bond donors (Lipinski definition) is 0. The van der Waals surface area contributed by atoms with Crippen molar-refractivity contribution < 1.29 is 9.47 Å². The molecule has 3 heteroatoms. The van der Waals surface area contributed by atoms with E-state index in [1.54, 1.807) is 0 Å². The van der Waals surface area contributed by atoms with Crippen molar-refractivity contribution >= 4 is 0 Å². The van der Waals surface area contributed by atoms with E-state index in [1.807, 2.05) is 0 Å². The van der Waals surface area contributed by atoms with Crippen molar-refractivity contribution in [1.82, 2.24) is 4.90 Å². The van der Waals surface area contributed by atoms with E-state index in [2.05, 4.69) is 42.3 Å². The van der Waals surface area contributed by atoms with Gasteiger partial charge in [0.15, 0.2) is 5.79 Å². The summed E-state index contributed by atoms with van der Waals surface area (Å²) in [6.45, 7) is 0.777. The second-order valence-electron chi connectivity index (χ2n) is 8.90. The van der Waals surface area contributed by atoms with Crippen molar-refractivity contribution in [3.05, 3.63) is 35.9 Å². The Bertz CT molecular complexity index is 598. The summed E-state index contributed by atoms with van der Waals surface area (Å²) in [7, 11) is 2.30. The third-order valence-electron chi connectivity index (χ3n) is 7.44. The highest BCUT2D eigenvalue weighted by Gasteiger charge is 2.59. The Morgan fingerprint density at radius 2 is 1.60 bits per heavy atom. The summed E-state index contributed by atoms with van der Waals surface area (Å²) < 4.78 is 13.8. The lowest BCUT2D eigenvalue weighted by Gasteiger charge is -2.45. The molecule has 1 saturated carbocycles. The minimum absolute atomic E-state index is 0.0639. The van der Waals surface area contributed by atoms with Crippen LogP contribution in [0, 0.1) is 5.92 Å². The maximum atomic E-state index is 7.08. The molecule has 4 fully saturated rings. The summed E-state index contributed by atoms with van der Waals surface area (Å²) in [6.07, 6.45) is 11.4. The van der Waals surface area contributed by atoms with Crippen LogP contribution >= 0.6 is 0 Å². The largest absolute Gasteiger partial charge is 0.343 e. The first-order valence-electron chi connectivity index (χ1n) is 10.3. The first-order chi connectivity index (χ1) is 12.2. The van der Waals surface area contributed by atoms with Gasteiger partial charge in [-0.25, -0.2) is 0 Å². The molecular formula is C22H31NO2. The lowest BCUT2D eigenvalue weighted by atomic mass is 9.79. The SMILES string of the molecule is CN1[C@@H]2CC[C@H]1CC1(CO[C@@](c3ccccc3)(C3CCCCC3)O1)C2. The van der Waals surface area contributed by atoms with Crippen LogP contribution in [-0.2, 0) is 15.3 Å². The zero-order valence-corrected chi connectivity index (χ0v) is 15.5. The lowest BCUT2D eigenvalue weighted by Crippen LogP contribution is -2.52. The fourth-order valence-corrected chi connectivity index (χ4v) is 6.08. The molecule has 3 saturated heterocycles. The van der Waals surface area contributed by atoms with Gasteiger partial charge in [-0.15, -0.1) is 0 Å². The van der Waals surface area contributed by atoms with Crippen LogP contribution < -0.4 is 0 Å². The maximum absolute atomic E-state index is 7.08. The average molecular weight is 341 g/mol. The number of nitrogens with zero attached hydrogens (tertiary/aromatic N) is 1. The van der Waals surface area contributed by atoms with E-state index < -0.39 is 5.79 Å². The van der Waals surface area contributed by atoms with Gasteiger partial charge in [0.2, 0.25) is 0 Å². The molecule has 3 heterocycles. The fraction of sp³-hybridized carbons (Fsp3) is 0.727. The van der Waals surface area contributed by atoms with Gasteiger partial charge in [0.1, 0.15) is 0 Å². The van der Waals surface area contributed by atoms with E-state index in [4.69, 9.17) is 9.47 Å². The molecule has 1 spiro atoms. The molecule has 1 aliphatic carbocycles. The molecule has 1 aromatic rings. The monoisotopic (exact) mass is 341 g/mol. The molecule has 4 atom stereocenters. The van der Waals surface area contributed by atoms with Crippen molar-refractivity contribution in [3.63, 3.8) is 0 Å². The quantitative estimate of drug-likeness (QED) is 0.792. The zero-order chi connectivity index (χ0) is 16.9. The molecule has 2 bridgehead atoms. The summed E-state index contributed by atoms with van der Waals surface area (Å²) in [5, 5.41) is 0. The molecule has 136 valence electrons. The van der Waals surface area contributed by atoms with Crippen LogP contribution in [0.4, 0.5) is 0 Å². The average Bonchev–Trinajstić information content (AvgIpc) is 3.12. The Balaban J connectivity index is 1.48. The molecule has 1 aromatic carbocycles. The molecule has 5 rings (SSSR count). The van der Waals surface area contributed by atoms with Crippen LogP contribution in [0.15, 0.2) is 30.3 Å². The second kappa shape index (κ2) is 6.07. The van der Waals surface area contributed by atoms with E-state index in [9.17, 15) is 0 Å². The number of ether oxygens (including phenoxy) is 2.